The predicted octanol–water partition coefficient (Wildman–Crippen LogP) is 3.52. The molecule has 1 fully saturated rings. The van der Waals surface area contributed by atoms with Crippen LogP contribution in [0.25, 0.3) is 0 Å². The number of furan rings is 1. The van der Waals surface area contributed by atoms with Gasteiger partial charge >= 0.3 is 11.9 Å². The van der Waals surface area contributed by atoms with Crippen LogP contribution < -0.4 is 5.32 Å². The number of thiophene rings is 1. The third-order valence-corrected chi connectivity index (χ3v) is 6.47. The number of nitrogens with one attached hydrogen (secondary N) is 1. The third kappa shape index (κ3) is 5.63. The molecule has 3 rings (SSSR count). The van der Waals surface area contributed by atoms with Gasteiger partial charge in [0.2, 0.25) is 0 Å². The normalized spacial score (nSPS) is 14.4. The Balaban J connectivity index is 1.69. The van der Waals surface area contributed by atoms with Crippen molar-refractivity contribution in [3.05, 3.63) is 40.2 Å². The molecular formula is C21H27N3O5S2. The van der Waals surface area contributed by atoms with Crippen molar-refractivity contribution in [3.8, 4) is 0 Å². The summed E-state index contributed by atoms with van der Waals surface area (Å²) in [5.74, 6) is -0.00444. The maximum atomic E-state index is 12.6. The average molecular weight is 466 g/mol. The van der Waals surface area contributed by atoms with Crippen LogP contribution in [0.1, 0.15) is 45.2 Å². The number of ether oxygens (including phenoxy) is 2. The van der Waals surface area contributed by atoms with Crippen molar-refractivity contribution in [1.82, 2.24) is 9.80 Å². The van der Waals surface area contributed by atoms with Gasteiger partial charge in [0, 0.05) is 26.2 Å². The fourth-order valence-electron chi connectivity index (χ4n) is 3.35. The van der Waals surface area contributed by atoms with Crippen LogP contribution in [-0.2, 0) is 16.0 Å². The Morgan fingerprint density at radius 1 is 1.16 bits per heavy atom. The summed E-state index contributed by atoms with van der Waals surface area (Å²) in [6.07, 6.45) is 1.68. The largest absolute Gasteiger partial charge is 0.468 e. The maximum absolute atomic E-state index is 12.6. The second kappa shape index (κ2) is 10.7. The Kier molecular flexibility index (Phi) is 8.05. The van der Waals surface area contributed by atoms with Gasteiger partial charge in [0.05, 0.1) is 31.6 Å². The van der Waals surface area contributed by atoms with Crippen molar-refractivity contribution in [3.63, 3.8) is 0 Å². The van der Waals surface area contributed by atoms with Crippen LogP contribution in [0.4, 0.5) is 5.00 Å². The minimum Gasteiger partial charge on any atom is -0.468 e. The van der Waals surface area contributed by atoms with Crippen molar-refractivity contribution in [2.75, 3.05) is 44.7 Å². The van der Waals surface area contributed by atoms with E-state index in [1.807, 2.05) is 12.1 Å². The molecule has 31 heavy (non-hydrogen) atoms. The molecule has 0 aromatic carbocycles. The smallest absolute Gasteiger partial charge is 0.348 e. The first-order valence-corrected chi connectivity index (χ1v) is 11.4. The van der Waals surface area contributed by atoms with E-state index in [9.17, 15) is 9.59 Å². The summed E-state index contributed by atoms with van der Waals surface area (Å²) in [4.78, 5) is 29.6. The fourth-order valence-corrected chi connectivity index (χ4v) is 4.79. The Morgan fingerprint density at radius 3 is 2.45 bits per heavy atom. The predicted molar refractivity (Wildman–Crippen MR) is 123 cm³/mol. The number of thiocarbonyl (C=S) groups is 1. The molecule has 3 heterocycles. The van der Waals surface area contributed by atoms with Crippen LogP contribution in [0.2, 0.25) is 0 Å². The van der Waals surface area contributed by atoms with Crippen LogP contribution in [0.5, 0.6) is 0 Å². The minimum atomic E-state index is -0.486. The number of anilines is 1. The van der Waals surface area contributed by atoms with Gasteiger partial charge < -0.3 is 24.1 Å². The number of rotatable bonds is 7. The van der Waals surface area contributed by atoms with Gasteiger partial charge in [-0.1, -0.05) is 0 Å². The molecule has 1 aliphatic heterocycles. The van der Waals surface area contributed by atoms with Gasteiger partial charge in [-0.25, -0.2) is 9.59 Å². The molecule has 10 heteroatoms. The van der Waals surface area contributed by atoms with Gasteiger partial charge in [0.15, 0.2) is 5.11 Å². The van der Waals surface area contributed by atoms with Gasteiger partial charge in [0.1, 0.15) is 15.6 Å². The first-order valence-electron chi connectivity index (χ1n) is 10.2. The van der Waals surface area contributed by atoms with Crippen molar-refractivity contribution in [1.29, 1.82) is 0 Å². The molecule has 2 aromatic heterocycles. The molecule has 1 N–H and O–H groups in total. The molecule has 0 radical (unpaired) electrons. The lowest BCUT2D eigenvalue weighted by molar-refractivity contribution is 0.0527. The van der Waals surface area contributed by atoms with E-state index < -0.39 is 11.9 Å². The summed E-state index contributed by atoms with van der Waals surface area (Å²) in [6.45, 7) is 9.64. The van der Waals surface area contributed by atoms with Crippen LogP contribution in [0, 0.1) is 6.92 Å². The molecule has 0 bridgehead atoms. The molecule has 2 aromatic rings. The van der Waals surface area contributed by atoms with E-state index in [0.717, 1.165) is 49.8 Å². The number of hydrogen-bond donors (Lipinski definition) is 1. The fraction of sp³-hybridized carbons (Fsp3) is 0.476. The number of esters is 2. The second-order valence-electron chi connectivity index (χ2n) is 6.97. The highest BCUT2D eigenvalue weighted by Crippen LogP contribution is 2.34. The van der Waals surface area contributed by atoms with E-state index in [1.54, 1.807) is 27.0 Å². The zero-order valence-electron chi connectivity index (χ0n) is 17.9. The second-order valence-corrected chi connectivity index (χ2v) is 8.38. The molecule has 0 atom stereocenters. The van der Waals surface area contributed by atoms with E-state index in [2.05, 4.69) is 15.1 Å². The summed E-state index contributed by atoms with van der Waals surface area (Å²) in [5.41, 5.74) is 0.865. The van der Waals surface area contributed by atoms with Crippen molar-refractivity contribution < 1.29 is 23.5 Å². The standard InChI is InChI=1S/C21H27N3O5S2/c1-4-27-19(25)16-14(3)17(20(26)28-5-2)31-18(16)22-21(30)24-10-8-23(9-11-24)13-15-7-6-12-29-15/h6-7,12H,4-5,8-11,13H2,1-3H3,(H,22,30). The zero-order chi connectivity index (χ0) is 22.4. The van der Waals surface area contributed by atoms with E-state index in [0.29, 0.717) is 26.1 Å². The molecule has 0 saturated carbocycles. The van der Waals surface area contributed by atoms with Crippen molar-refractivity contribution in [2.45, 2.75) is 27.3 Å². The summed E-state index contributed by atoms with van der Waals surface area (Å²) in [5, 5.41) is 4.18. The Morgan fingerprint density at radius 2 is 1.84 bits per heavy atom. The summed E-state index contributed by atoms with van der Waals surface area (Å²) >= 11 is 6.77. The van der Waals surface area contributed by atoms with Crippen molar-refractivity contribution in [2.24, 2.45) is 0 Å². The Hall–Kier alpha value is -2.43. The highest BCUT2D eigenvalue weighted by Gasteiger charge is 2.28. The van der Waals surface area contributed by atoms with E-state index in [-0.39, 0.29) is 13.2 Å². The first-order chi connectivity index (χ1) is 14.9. The highest BCUT2D eigenvalue weighted by atomic mass is 32.1. The molecule has 168 valence electrons. The van der Waals surface area contributed by atoms with Crippen LogP contribution in [0.15, 0.2) is 22.8 Å². The molecule has 0 unspecified atom stereocenters. The van der Waals surface area contributed by atoms with E-state index in [1.165, 1.54) is 0 Å². The number of carbonyl (C=O) groups is 2. The van der Waals surface area contributed by atoms with Gasteiger partial charge in [-0.3, -0.25) is 4.90 Å². The Bertz CT molecular complexity index is 918. The van der Waals surface area contributed by atoms with E-state index in [4.69, 9.17) is 26.1 Å². The summed E-state index contributed by atoms with van der Waals surface area (Å²) in [6, 6.07) is 3.86. The molecule has 0 spiro atoms. The SMILES string of the molecule is CCOC(=O)c1sc(NC(=S)N2CCN(Cc3ccco3)CC2)c(C(=O)OCC)c1C. The summed E-state index contributed by atoms with van der Waals surface area (Å²) in [7, 11) is 0. The lowest BCUT2D eigenvalue weighted by atomic mass is 10.1. The van der Waals surface area contributed by atoms with Crippen LogP contribution in [-0.4, -0.2) is 66.2 Å². The quantitative estimate of drug-likeness (QED) is 0.488. The highest BCUT2D eigenvalue weighted by molar-refractivity contribution is 7.80. The number of carbonyl (C=O) groups excluding carboxylic acids is 2. The topological polar surface area (TPSA) is 84.3 Å². The van der Waals surface area contributed by atoms with Crippen LogP contribution >= 0.6 is 23.6 Å². The van der Waals surface area contributed by atoms with Gasteiger partial charge in [-0.2, -0.15) is 0 Å². The average Bonchev–Trinajstić information content (AvgIpc) is 3.36. The molecule has 0 amide bonds. The number of piperazine rings is 1. The van der Waals surface area contributed by atoms with E-state index >= 15 is 0 Å². The number of nitrogens with zero attached hydrogens (tertiary/aromatic N) is 2. The van der Waals surface area contributed by atoms with Crippen LogP contribution in [0.3, 0.4) is 0 Å². The minimum absolute atomic E-state index is 0.240. The Labute approximate surface area is 191 Å². The number of hydrogen-bond acceptors (Lipinski definition) is 8. The lowest BCUT2D eigenvalue weighted by Gasteiger charge is -2.35. The molecule has 1 saturated heterocycles. The van der Waals surface area contributed by atoms with Gasteiger partial charge in [-0.15, -0.1) is 11.3 Å². The van der Waals surface area contributed by atoms with Gasteiger partial charge in [-0.05, 0) is 50.7 Å². The third-order valence-electron chi connectivity index (χ3n) is 4.93. The summed E-state index contributed by atoms with van der Waals surface area (Å²) < 4.78 is 15.7. The monoisotopic (exact) mass is 465 g/mol. The molecular weight excluding hydrogens is 438 g/mol. The molecule has 1 aliphatic rings. The first kappa shape index (κ1) is 23.2. The maximum Gasteiger partial charge on any atom is 0.348 e. The molecule has 0 aliphatic carbocycles. The molecule has 8 nitrogen and oxygen atoms in total. The van der Waals surface area contributed by atoms with Crippen molar-refractivity contribution >= 4 is 45.6 Å². The lowest BCUT2D eigenvalue weighted by Crippen LogP contribution is -2.49. The zero-order valence-corrected chi connectivity index (χ0v) is 19.6. The van der Waals surface area contributed by atoms with Gasteiger partial charge in [0.25, 0.3) is 0 Å².